The van der Waals surface area contributed by atoms with Gasteiger partial charge in [-0.1, -0.05) is 18.7 Å². The maximum absolute atomic E-state index is 5.70. The van der Waals surface area contributed by atoms with Crippen molar-refractivity contribution in [2.45, 2.75) is 57.2 Å². The summed E-state index contributed by atoms with van der Waals surface area (Å²) in [4.78, 5) is 4.30. The van der Waals surface area contributed by atoms with Gasteiger partial charge in [0.05, 0.1) is 12.3 Å². The van der Waals surface area contributed by atoms with Gasteiger partial charge in [-0.05, 0) is 20.3 Å². The Hall–Kier alpha value is -1.41. The molecule has 0 amide bonds. The first kappa shape index (κ1) is 15.0. The molecule has 0 aliphatic heterocycles. The van der Waals surface area contributed by atoms with Crippen LogP contribution in [0.4, 0.5) is 0 Å². The zero-order valence-corrected chi connectivity index (χ0v) is 13.0. The Bertz CT molecular complexity index is 546. The highest BCUT2D eigenvalue weighted by atomic mass is 32.2. The Morgan fingerprint density at radius 2 is 2.10 bits per heavy atom. The number of aromatic nitrogens is 6. The highest BCUT2D eigenvalue weighted by Gasteiger charge is 2.15. The van der Waals surface area contributed by atoms with E-state index in [1.54, 1.807) is 18.1 Å². The van der Waals surface area contributed by atoms with Crippen LogP contribution in [-0.2, 0) is 18.8 Å². The molecule has 0 aliphatic carbocycles. The minimum atomic E-state index is 0.291. The zero-order chi connectivity index (χ0) is 14.5. The topological polar surface area (TPSA) is 87.4 Å². The summed E-state index contributed by atoms with van der Waals surface area (Å²) >= 11 is 1.62. The maximum atomic E-state index is 5.70. The van der Waals surface area contributed by atoms with Gasteiger partial charge in [-0.2, -0.15) is 5.10 Å². The molecule has 7 nitrogen and oxygen atoms in total. The number of aryl methyl sites for hydroxylation is 1. The Morgan fingerprint density at radius 3 is 2.75 bits per heavy atom. The van der Waals surface area contributed by atoms with Crippen LogP contribution in [0.1, 0.15) is 44.9 Å². The lowest BCUT2D eigenvalue weighted by Gasteiger charge is -2.12. The highest BCUT2D eigenvalue weighted by Crippen LogP contribution is 2.24. The molecule has 2 heterocycles. The summed E-state index contributed by atoms with van der Waals surface area (Å²) in [5.74, 6) is 2.51. The fraction of sp³-hybridized carbons (Fsp3) is 0.667. The molecule has 0 saturated heterocycles. The number of nitrogens with two attached hydrogens (primary N) is 1. The van der Waals surface area contributed by atoms with E-state index < -0.39 is 0 Å². The molecular formula is C12H21N7S. The first-order chi connectivity index (χ1) is 9.67. The summed E-state index contributed by atoms with van der Waals surface area (Å²) in [6.07, 6.45) is 2.64. The molecule has 0 spiro atoms. The van der Waals surface area contributed by atoms with E-state index in [2.05, 4.69) is 45.6 Å². The van der Waals surface area contributed by atoms with Crippen molar-refractivity contribution in [1.29, 1.82) is 0 Å². The van der Waals surface area contributed by atoms with E-state index in [-0.39, 0.29) is 0 Å². The summed E-state index contributed by atoms with van der Waals surface area (Å²) in [7, 11) is 0. The summed E-state index contributed by atoms with van der Waals surface area (Å²) in [5, 5.41) is 13.5. The quantitative estimate of drug-likeness (QED) is 0.781. The lowest BCUT2D eigenvalue weighted by atomic mass is 10.4. The third kappa shape index (κ3) is 3.18. The first-order valence-electron chi connectivity index (χ1n) is 6.80. The summed E-state index contributed by atoms with van der Waals surface area (Å²) in [6.45, 7) is 7.62. The van der Waals surface area contributed by atoms with E-state index >= 15 is 0 Å². The first-order valence-corrected chi connectivity index (χ1v) is 7.79. The van der Waals surface area contributed by atoms with E-state index in [4.69, 9.17) is 5.73 Å². The molecule has 2 aromatic heterocycles. The van der Waals surface area contributed by atoms with Gasteiger partial charge in [0.25, 0.3) is 0 Å². The predicted molar refractivity (Wildman–Crippen MR) is 78.2 cm³/mol. The van der Waals surface area contributed by atoms with Gasteiger partial charge in [-0.3, -0.25) is 0 Å². The van der Waals surface area contributed by atoms with Crippen molar-refractivity contribution < 1.29 is 0 Å². The normalized spacial score (nSPS) is 11.4. The van der Waals surface area contributed by atoms with Crippen LogP contribution in [0.3, 0.4) is 0 Å². The zero-order valence-electron chi connectivity index (χ0n) is 12.2. The lowest BCUT2D eigenvalue weighted by molar-refractivity contribution is 0.525. The van der Waals surface area contributed by atoms with Crippen LogP contribution in [0.5, 0.6) is 0 Å². The van der Waals surface area contributed by atoms with E-state index in [9.17, 15) is 0 Å². The molecule has 0 saturated carbocycles. The molecule has 0 radical (unpaired) electrons. The fourth-order valence-corrected chi connectivity index (χ4v) is 3.03. The van der Waals surface area contributed by atoms with Gasteiger partial charge in [0.2, 0.25) is 0 Å². The Morgan fingerprint density at radius 1 is 1.30 bits per heavy atom. The summed E-state index contributed by atoms with van der Waals surface area (Å²) in [6, 6.07) is 0.291. The van der Waals surface area contributed by atoms with Crippen molar-refractivity contribution in [3.63, 3.8) is 0 Å². The number of hydrogen-bond donors (Lipinski definition) is 1. The molecule has 8 heteroatoms. The molecule has 20 heavy (non-hydrogen) atoms. The molecule has 2 N–H and O–H groups in total. The van der Waals surface area contributed by atoms with Crippen molar-refractivity contribution in [1.82, 2.24) is 29.5 Å². The maximum Gasteiger partial charge on any atom is 0.191 e. The third-order valence-electron chi connectivity index (χ3n) is 2.90. The molecule has 0 fully saturated rings. The standard InChI is InChI=1S/C12H21N7S/c1-4-5-18-11(14-8-15-18)7-20-12-17-16-10(6-13)19(12)9(2)3/h8-9H,4-7,13H2,1-3H3. The van der Waals surface area contributed by atoms with Crippen LogP contribution in [0.2, 0.25) is 0 Å². The van der Waals surface area contributed by atoms with Gasteiger partial charge >= 0.3 is 0 Å². The summed E-state index contributed by atoms with van der Waals surface area (Å²) in [5.41, 5.74) is 5.70. The second-order valence-corrected chi connectivity index (χ2v) is 5.70. The number of nitrogens with zero attached hydrogens (tertiary/aromatic N) is 6. The molecule has 0 unspecified atom stereocenters. The number of hydrogen-bond acceptors (Lipinski definition) is 6. The van der Waals surface area contributed by atoms with Crippen molar-refractivity contribution in [3.05, 3.63) is 18.0 Å². The number of rotatable bonds is 7. The number of thioether (sulfide) groups is 1. The van der Waals surface area contributed by atoms with E-state index in [1.165, 1.54) is 0 Å². The smallest absolute Gasteiger partial charge is 0.191 e. The second kappa shape index (κ2) is 6.85. The molecule has 0 aromatic carbocycles. The fourth-order valence-electron chi connectivity index (χ4n) is 1.99. The highest BCUT2D eigenvalue weighted by molar-refractivity contribution is 7.98. The Kier molecular flexibility index (Phi) is 5.13. The van der Waals surface area contributed by atoms with Gasteiger partial charge in [-0.15, -0.1) is 10.2 Å². The van der Waals surface area contributed by atoms with E-state index in [0.29, 0.717) is 12.6 Å². The van der Waals surface area contributed by atoms with E-state index in [0.717, 1.165) is 35.5 Å². The van der Waals surface area contributed by atoms with Crippen LogP contribution in [0.15, 0.2) is 11.5 Å². The second-order valence-electron chi connectivity index (χ2n) is 4.75. The Labute approximate surface area is 123 Å². The monoisotopic (exact) mass is 295 g/mol. The third-order valence-corrected chi connectivity index (χ3v) is 3.83. The summed E-state index contributed by atoms with van der Waals surface area (Å²) < 4.78 is 4.01. The minimum Gasteiger partial charge on any atom is -0.324 e. The van der Waals surface area contributed by atoms with Crippen LogP contribution in [0, 0.1) is 0 Å². The average Bonchev–Trinajstić information content (AvgIpc) is 3.02. The van der Waals surface area contributed by atoms with Gasteiger partial charge in [-0.25, -0.2) is 9.67 Å². The van der Waals surface area contributed by atoms with Gasteiger partial charge < -0.3 is 10.3 Å². The van der Waals surface area contributed by atoms with Gasteiger partial charge in [0.15, 0.2) is 5.16 Å². The SMILES string of the molecule is CCCn1ncnc1CSc1nnc(CN)n1C(C)C. The van der Waals surface area contributed by atoms with Gasteiger partial charge in [0, 0.05) is 12.6 Å². The van der Waals surface area contributed by atoms with Crippen molar-refractivity contribution in [2.24, 2.45) is 5.73 Å². The Balaban J connectivity index is 2.11. The molecule has 110 valence electrons. The van der Waals surface area contributed by atoms with Crippen molar-refractivity contribution in [3.8, 4) is 0 Å². The molecule has 0 bridgehead atoms. The minimum absolute atomic E-state index is 0.291. The van der Waals surface area contributed by atoms with E-state index in [1.807, 2.05) is 4.68 Å². The molecule has 0 aliphatic rings. The average molecular weight is 295 g/mol. The lowest BCUT2D eigenvalue weighted by Crippen LogP contribution is -2.11. The van der Waals surface area contributed by atoms with Crippen LogP contribution in [-0.4, -0.2) is 29.5 Å². The predicted octanol–water partition coefficient (Wildman–Crippen LogP) is 1.61. The van der Waals surface area contributed by atoms with Gasteiger partial charge in [0.1, 0.15) is 18.0 Å². The van der Waals surface area contributed by atoms with Crippen LogP contribution >= 0.6 is 11.8 Å². The van der Waals surface area contributed by atoms with Crippen molar-refractivity contribution >= 4 is 11.8 Å². The molecule has 2 rings (SSSR count). The molecule has 0 atom stereocenters. The largest absolute Gasteiger partial charge is 0.324 e. The van der Waals surface area contributed by atoms with Crippen LogP contribution < -0.4 is 5.73 Å². The van der Waals surface area contributed by atoms with Crippen LogP contribution in [0.25, 0.3) is 0 Å². The molecular weight excluding hydrogens is 274 g/mol. The van der Waals surface area contributed by atoms with Crippen molar-refractivity contribution in [2.75, 3.05) is 0 Å². The molecule has 2 aromatic rings.